The van der Waals surface area contributed by atoms with Crippen LogP contribution in [0.25, 0.3) is 0 Å². The van der Waals surface area contributed by atoms with Gasteiger partial charge in [0.25, 0.3) is 0 Å². The number of fused-ring (bicyclic) bond motifs is 80. The van der Waals surface area contributed by atoms with Crippen LogP contribution < -0.4 is 18.9 Å². The molecule has 660 valence electrons. The average molecular weight is 1710 g/mol. The van der Waals surface area contributed by atoms with Crippen molar-refractivity contribution in [2.75, 3.05) is 163 Å². The second kappa shape index (κ2) is 25.9. The van der Waals surface area contributed by atoms with Crippen molar-refractivity contribution in [3.05, 3.63) is 46.5 Å². The molecule has 10 saturated heterocycles. The van der Waals surface area contributed by atoms with Gasteiger partial charge in [0, 0.05) is 94.7 Å². The summed E-state index contributed by atoms with van der Waals surface area (Å²) < 4.78 is 156. The van der Waals surface area contributed by atoms with Crippen LogP contribution in [0.3, 0.4) is 0 Å². The number of hydrogen-bond acceptors (Lipinski definition) is 32. The summed E-state index contributed by atoms with van der Waals surface area (Å²) in [6.07, 6.45) is 0.554. The third-order valence-electron chi connectivity index (χ3n) is 38.3. The SMILES string of the molecule is COC(=O)C12OC(C(=O)OC)(C3C4CC(C5C6OC(c7cc8c(cc76)OCCOCCOCCOCCO8)C45)C31)C1C3CC(C12)C1C3C2(C(=O)OC)OC1(C(=O)OC)C1C3CC(C12)C1C3C2(C(=O)OC)OC1(C(=O)OC)C1C3CC(C4C3C3(C(=O)OC)OC4(C(=O)OC)C4C5CC(C6C7OC(c8cc9c(cc87)OCCOCCOCCOCCO9)C56)C43)C12. The third-order valence-corrected chi connectivity index (χ3v) is 38.3. The van der Waals surface area contributed by atoms with E-state index >= 15 is 38.4 Å². The Labute approximate surface area is 707 Å². The first-order valence-corrected chi connectivity index (χ1v) is 45.0. The topological polar surface area (TPSA) is 358 Å². The first kappa shape index (κ1) is 77.1. The number of methoxy groups -OCH3 is 8. The molecule has 0 aromatic heterocycles. The summed E-state index contributed by atoms with van der Waals surface area (Å²) in [5, 5.41) is 0. The van der Waals surface area contributed by atoms with Crippen molar-refractivity contribution in [1.82, 2.24) is 0 Å². The Bertz CT molecular complexity index is 4360. The third kappa shape index (κ3) is 8.27. The number of esters is 8. The van der Waals surface area contributed by atoms with Gasteiger partial charge in [0.15, 0.2) is 67.8 Å². The molecular weight excluding hydrogens is 1600 g/mol. The molecule has 0 amide bonds. The molecule has 2 aromatic rings. The largest absolute Gasteiger partial charge is 0.487 e. The monoisotopic (exact) mass is 1710 g/mol. The fraction of sp³-hybridized carbons (Fsp3) is 0.780. The summed E-state index contributed by atoms with van der Waals surface area (Å²) in [6, 6.07) is 8.08. The van der Waals surface area contributed by atoms with E-state index in [2.05, 4.69) is 0 Å². The highest BCUT2D eigenvalue weighted by molar-refractivity contribution is 5.96. The van der Waals surface area contributed by atoms with Crippen LogP contribution in [-0.4, -0.2) is 255 Å². The number of benzene rings is 2. The van der Waals surface area contributed by atoms with Gasteiger partial charge in [-0.05, 0) is 161 Å². The second-order valence-electron chi connectivity index (χ2n) is 40.1. The van der Waals surface area contributed by atoms with Crippen LogP contribution in [0, 0.1) is 178 Å². The molecule has 14 aliphatic heterocycles. The Balaban J connectivity index is 0.578. The molecule has 10 aliphatic carbocycles. The van der Waals surface area contributed by atoms with E-state index in [1.54, 1.807) is 0 Å². The van der Waals surface area contributed by atoms with Gasteiger partial charge in [0.05, 0.1) is 161 Å². The number of carbonyl (C=O) groups is 8. The average Bonchev–Trinajstić information content (AvgIpc) is 1.41. The van der Waals surface area contributed by atoms with E-state index in [1.165, 1.54) is 56.9 Å². The van der Waals surface area contributed by atoms with Crippen LogP contribution >= 0.6 is 0 Å². The lowest BCUT2D eigenvalue weighted by molar-refractivity contribution is -0.196. The Morgan fingerprint density at radius 3 is 0.537 bits per heavy atom. The van der Waals surface area contributed by atoms with E-state index < -0.39 is 247 Å². The molecular formula is C91H104O32. The summed E-state index contributed by atoms with van der Waals surface area (Å²) in [5.41, 5.74) is -11.3. The van der Waals surface area contributed by atoms with Crippen LogP contribution in [0.2, 0.25) is 0 Å². The first-order valence-electron chi connectivity index (χ1n) is 45.0. The molecule has 40 atom stereocenters. The maximum absolute atomic E-state index is 16.5. The fourth-order valence-electron chi connectivity index (χ4n) is 37.4. The van der Waals surface area contributed by atoms with Gasteiger partial charge in [-0.2, -0.15) is 0 Å². The molecule has 14 heterocycles. The highest BCUT2D eigenvalue weighted by Gasteiger charge is 3.03. The number of carbonyl (C=O) groups excluding carboxylic acids is 8. The number of ether oxygens (including phenoxy) is 24. The molecule has 26 rings (SSSR count). The second-order valence-corrected chi connectivity index (χ2v) is 40.1. The Morgan fingerprint density at radius 1 is 0.228 bits per heavy atom. The minimum Gasteiger partial charge on any atom is -0.487 e. The van der Waals surface area contributed by atoms with Crippen molar-refractivity contribution in [2.24, 2.45) is 178 Å². The van der Waals surface area contributed by atoms with Crippen molar-refractivity contribution < 1.29 is 152 Å². The molecule has 0 spiro atoms. The van der Waals surface area contributed by atoms with Crippen LogP contribution in [0.1, 0.15) is 78.8 Å². The number of hydrogen-bond donors (Lipinski definition) is 0. The zero-order valence-corrected chi connectivity index (χ0v) is 69.9. The highest BCUT2D eigenvalue weighted by atomic mass is 16.7. The lowest BCUT2D eigenvalue weighted by atomic mass is 9.38. The van der Waals surface area contributed by atoms with E-state index in [0.29, 0.717) is 128 Å². The lowest BCUT2D eigenvalue weighted by Crippen LogP contribution is -2.72. The zero-order valence-electron chi connectivity index (χ0n) is 69.9. The first-order chi connectivity index (χ1) is 59.9. The van der Waals surface area contributed by atoms with E-state index in [4.69, 9.17) is 114 Å². The standard InChI is InChI=1S/C91H104O32/c1-100-76(92)84-56-38-25-39(53-52(38)72-34-30-48-49(31-35(34)73(53)118-72)115-22-18-111-14-10-108-9-13-110-17-21-114-48)57(56)85(120-84,77(93)101-2)61-43-27-42(60(61)84)64-65(43)89(81(97)105-6)69-47-29-46(68(69)88(64,122-89)80(96)104-5)70-71(47)91(83(99)107-8)67-45-28-44(66(67)90(70,123-91)82(98)106-7)62-63(45)87(79(95)103-4)59-41-26-40(58(59)86(62,121-87)78(94)102-3)54-55(41)75-37-33-51-50(32-36(37)74(54)119-75)116-23-19-112-15-11-109-12-16-113-20-24-117-51/h30-33,38-47,52-75H,9-29H2,1-8H3. The molecule has 0 radical (unpaired) electrons. The molecule has 22 bridgehead atoms. The molecule has 20 fully saturated rings. The van der Waals surface area contributed by atoms with Crippen LogP contribution in [0.15, 0.2) is 24.3 Å². The maximum atomic E-state index is 16.5. The number of rotatable bonds is 8. The molecule has 32 nitrogen and oxygen atoms in total. The van der Waals surface area contributed by atoms with Gasteiger partial charge >= 0.3 is 47.8 Å². The van der Waals surface area contributed by atoms with Crippen molar-refractivity contribution in [3.63, 3.8) is 0 Å². The summed E-state index contributed by atoms with van der Waals surface area (Å²) in [4.78, 5) is 130. The van der Waals surface area contributed by atoms with Gasteiger partial charge in [-0.1, -0.05) is 0 Å². The quantitative estimate of drug-likeness (QED) is 0.262. The van der Waals surface area contributed by atoms with Gasteiger partial charge in [-0.25, -0.2) is 38.4 Å². The molecule has 0 N–H and O–H groups in total. The van der Waals surface area contributed by atoms with Gasteiger partial charge < -0.3 is 114 Å². The van der Waals surface area contributed by atoms with E-state index in [-0.39, 0.29) is 80.2 Å². The van der Waals surface area contributed by atoms with Crippen molar-refractivity contribution in [2.45, 2.75) is 101 Å². The van der Waals surface area contributed by atoms with Crippen LogP contribution in [-0.2, 0) is 133 Å². The fourth-order valence-corrected chi connectivity index (χ4v) is 37.4. The van der Waals surface area contributed by atoms with E-state index in [1.807, 2.05) is 24.3 Å². The lowest BCUT2D eigenvalue weighted by Gasteiger charge is -2.60. The predicted molar refractivity (Wildman–Crippen MR) is 403 cm³/mol. The molecule has 10 saturated carbocycles. The van der Waals surface area contributed by atoms with Gasteiger partial charge in [0.2, 0.25) is 0 Å². The maximum Gasteiger partial charge on any atom is 0.338 e. The van der Waals surface area contributed by atoms with Crippen LogP contribution in [0.4, 0.5) is 0 Å². The molecule has 24 aliphatic rings. The summed E-state index contributed by atoms with van der Waals surface area (Å²) in [7, 11) is 10.6. The van der Waals surface area contributed by atoms with Crippen molar-refractivity contribution >= 4 is 47.8 Å². The molecule has 123 heavy (non-hydrogen) atoms. The Morgan fingerprint density at radius 2 is 0.374 bits per heavy atom. The smallest absolute Gasteiger partial charge is 0.338 e. The normalized spacial score (nSPS) is 52.7. The Kier molecular flexibility index (Phi) is 16.2. The zero-order chi connectivity index (χ0) is 83.5. The van der Waals surface area contributed by atoms with Crippen molar-refractivity contribution in [3.8, 4) is 23.0 Å². The predicted octanol–water partition coefficient (Wildman–Crippen LogP) is 4.32. The van der Waals surface area contributed by atoms with E-state index in [9.17, 15) is 0 Å². The van der Waals surface area contributed by atoms with Crippen molar-refractivity contribution in [1.29, 1.82) is 0 Å². The van der Waals surface area contributed by atoms with E-state index in [0.717, 1.165) is 22.3 Å². The highest BCUT2D eigenvalue weighted by Crippen LogP contribution is 2.95. The van der Waals surface area contributed by atoms with Crippen LogP contribution in [0.5, 0.6) is 23.0 Å². The summed E-state index contributed by atoms with van der Waals surface area (Å²) in [5.74, 6) is -22.0. The molecule has 32 heteroatoms. The summed E-state index contributed by atoms with van der Waals surface area (Å²) in [6.45, 7) is 5.47. The van der Waals surface area contributed by atoms with Gasteiger partial charge in [0.1, 0.15) is 26.4 Å². The molecule has 2 aromatic carbocycles. The minimum absolute atomic E-state index is 0.134. The summed E-state index contributed by atoms with van der Waals surface area (Å²) >= 11 is 0. The minimum atomic E-state index is -2.00. The molecule has 40 unspecified atom stereocenters. The van der Waals surface area contributed by atoms with Gasteiger partial charge in [-0.3, -0.25) is 0 Å². The van der Waals surface area contributed by atoms with Gasteiger partial charge in [-0.15, -0.1) is 0 Å². The Hall–Kier alpha value is -7.08.